The van der Waals surface area contributed by atoms with Gasteiger partial charge in [-0.25, -0.2) is 4.98 Å². The molecular weight excluding hydrogens is 398 g/mol. The first-order chi connectivity index (χ1) is 14.7. The van der Waals surface area contributed by atoms with Crippen LogP contribution in [0.15, 0.2) is 42.5 Å². The van der Waals surface area contributed by atoms with Crippen LogP contribution in [0.1, 0.15) is 21.7 Å². The van der Waals surface area contributed by atoms with Gasteiger partial charge < -0.3 is 20.1 Å². The highest BCUT2D eigenvalue weighted by molar-refractivity contribution is 7.21. The molecule has 6 rings (SSSR count). The molecule has 0 saturated heterocycles. The maximum absolute atomic E-state index is 13.4. The Morgan fingerprint density at radius 2 is 1.90 bits per heavy atom. The summed E-state index contributed by atoms with van der Waals surface area (Å²) in [5.74, 6) is 1.36. The molecule has 1 amide bonds. The molecule has 0 radical (unpaired) electrons. The molecule has 0 unspecified atom stereocenters. The minimum atomic E-state index is -0.0577. The average molecular weight is 417 g/mol. The first kappa shape index (κ1) is 17.5. The van der Waals surface area contributed by atoms with Gasteiger partial charge in [-0.3, -0.25) is 4.79 Å². The summed E-state index contributed by atoms with van der Waals surface area (Å²) in [7, 11) is 0. The van der Waals surface area contributed by atoms with E-state index in [4.69, 9.17) is 20.2 Å². The van der Waals surface area contributed by atoms with Crippen LogP contribution in [0.4, 0.5) is 11.4 Å². The number of amides is 1. The number of thiophene rings is 1. The summed E-state index contributed by atoms with van der Waals surface area (Å²) in [5.41, 5.74) is 9.93. The quantitative estimate of drug-likeness (QED) is 0.497. The second-order valence-electron chi connectivity index (χ2n) is 7.56. The van der Waals surface area contributed by atoms with Crippen molar-refractivity contribution < 1.29 is 14.3 Å². The Labute approximate surface area is 176 Å². The Morgan fingerprint density at radius 3 is 2.77 bits per heavy atom. The van der Waals surface area contributed by atoms with Gasteiger partial charge in [0.15, 0.2) is 11.5 Å². The number of rotatable bonds is 1. The maximum Gasteiger partial charge on any atom is 0.270 e. The van der Waals surface area contributed by atoms with E-state index in [-0.39, 0.29) is 5.91 Å². The third kappa shape index (κ3) is 2.62. The number of carbonyl (C=O) groups excluding carboxylic acids is 1. The average Bonchev–Trinajstić information content (AvgIpc) is 3.10. The minimum Gasteiger partial charge on any atom is -0.486 e. The molecule has 2 aliphatic heterocycles. The van der Waals surface area contributed by atoms with Gasteiger partial charge in [0, 0.05) is 29.1 Å². The first-order valence-electron chi connectivity index (χ1n) is 10.0. The lowest BCUT2D eigenvalue weighted by Gasteiger charge is -2.29. The Bertz CT molecular complexity index is 1330. The second-order valence-corrected chi connectivity index (χ2v) is 8.56. The largest absolute Gasteiger partial charge is 0.486 e. The maximum atomic E-state index is 13.4. The van der Waals surface area contributed by atoms with Crippen LogP contribution in [-0.4, -0.2) is 30.6 Å². The number of hydrogen-bond donors (Lipinski definition) is 1. The minimum absolute atomic E-state index is 0.0577. The van der Waals surface area contributed by atoms with Gasteiger partial charge in [-0.15, -0.1) is 11.3 Å². The third-order valence-electron chi connectivity index (χ3n) is 5.73. The van der Waals surface area contributed by atoms with Crippen molar-refractivity contribution in [1.29, 1.82) is 0 Å². The van der Waals surface area contributed by atoms with E-state index in [0.29, 0.717) is 41.8 Å². The summed E-state index contributed by atoms with van der Waals surface area (Å²) in [6.45, 7) is 1.76. The van der Waals surface area contributed by atoms with Crippen LogP contribution in [0.5, 0.6) is 11.5 Å². The summed E-state index contributed by atoms with van der Waals surface area (Å²) in [5, 5.41) is 1.72. The van der Waals surface area contributed by atoms with Crippen molar-refractivity contribution >= 4 is 49.7 Å². The van der Waals surface area contributed by atoms with Gasteiger partial charge in [0.1, 0.15) is 22.9 Å². The fraction of sp³-hybridized carbons (Fsp3) is 0.217. The number of hydrogen-bond acceptors (Lipinski definition) is 6. The highest BCUT2D eigenvalue weighted by atomic mass is 32.1. The summed E-state index contributed by atoms with van der Waals surface area (Å²) in [6.07, 6.45) is 1.94. The van der Waals surface area contributed by atoms with Gasteiger partial charge in [-0.05, 0) is 36.6 Å². The third-order valence-corrected chi connectivity index (χ3v) is 6.83. The number of benzene rings is 2. The topological polar surface area (TPSA) is 77.7 Å². The van der Waals surface area contributed by atoms with Gasteiger partial charge in [0.2, 0.25) is 0 Å². The second kappa shape index (κ2) is 6.60. The molecule has 4 aromatic rings. The highest BCUT2D eigenvalue weighted by Gasteiger charge is 2.27. The number of para-hydroxylation sites is 1. The summed E-state index contributed by atoms with van der Waals surface area (Å²) in [4.78, 5) is 21.4. The molecule has 6 nitrogen and oxygen atoms in total. The number of carbonyl (C=O) groups is 1. The molecule has 150 valence electrons. The molecular formula is C23H19N3O3S. The van der Waals surface area contributed by atoms with Crippen LogP contribution in [-0.2, 0) is 6.42 Å². The molecule has 0 atom stereocenters. The zero-order valence-electron chi connectivity index (χ0n) is 16.2. The van der Waals surface area contributed by atoms with Crippen LogP contribution in [0, 0.1) is 0 Å². The molecule has 2 aliphatic rings. The van der Waals surface area contributed by atoms with Crippen LogP contribution in [0.2, 0.25) is 0 Å². The molecule has 0 saturated carbocycles. The van der Waals surface area contributed by atoms with Crippen molar-refractivity contribution in [2.45, 2.75) is 12.8 Å². The summed E-state index contributed by atoms with van der Waals surface area (Å²) in [6, 6.07) is 13.9. The van der Waals surface area contributed by atoms with E-state index in [0.717, 1.165) is 39.6 Å². The predicted molar refractivity (Wildman–Crippen MR) is 119 cm³/mol. The van der Waals surface area contributed by atoms with Crippen molar-refractivity contribution in [3.63, 3.8) is 0 Å². The molecule has 7 heteroatoms. The molecule has 0 aliphatic carbocycles. The van der Waals surface area contributed by atoms with Crippen molar-refractivity contribution in [3.05, 3.63) is 52.9 Å². The van der Waals surface area contributed by atoms with Crippen molar-refractivity contribution in [3.8, 4) is 11.5 Å². The highest BCUT2D eigenvalue weighted by Crippen LogP contribution is 2.40. The zero-order valence-corrected chi connectivity index (χ0v) is 17.0. The van der Waals surface area contributed by atoms with Gasteiger partial charge in [-0.1, -0.05) is 18.2 Å². The lowest BCUT2D eigenvalue weighted by Crippen LogP contribution is -2.35. The van der Waals surface area contributed by atoms with E-state index in [2.05, 4.69) is 6.07 Å². The Hall–Kier alpha value is -3.32. The fourth-order valence-electron chi connectivity index (χ4n) is 4.26. The van der Waals surface area contributed by atoms with Gasteiger partial charge in [-0.2, -0.15) is 0 Å². The standard InChI is InChI=1S/C23H19N3O3S/c24-20-15-10-14-11-18-19(29-9-8-28-18)12-16(14)25-22(15)30-21(20)23(27)26-7-3-5-13-4-1-2-6-17(13)26/h1-2,4,6,10-12H,3,5,7-9,24H2. The van der Waals surface area contributed by atoms with Gasteiger partial charge in [0.25, 0.3) is 5.91 Å². The molecule has 0 bridgehead atoms. The molecule has 4 heterocycles. The molecule has 2 N–H and O–H groups in total. The van der Waals surface area contributed by atoms with E-state index >= 15 is 0 Å². The Balaban J connectivity index is 1.47. The predicted octanol–water partition coefficient (Wildman–Crippen LogP) is 4.40. The number of fused-ring (bicyclic) bond motifs is 4. The number of anilines is 2. The van der Waals surface area contributed by atoms with E-state index < -0.39 is 0 Å². The van der Waals surface area contributed by atoms with Crippen LogP contribution >= 0.6 is 11.3 Å². The van der Waals surface area contributed by atoms with E-state index in [1.165, 1.54) is 16.9 Å². The number of aromatic nitrogens is 1. The smallest absolute Gasteiger partial charge is 0.270 e. The van der Waals surface area contributed by atoms with E-state index in [9.17, 15) is 4.79 Å². The number of pyridine rings is 1. The number of aryl methyl sites for hydroxylation is 1. The molecule has 2 aromatic heterocycles. The van der Waals surface area contributed by atoms with E-state index in [1.807, 2.05) is 41.3 Å². The number of nitrogens with two attached hydrogens (primary N) is 1. The van der Waals surface area contributed by atoms with Gasteiger partial charge >= 0.3 is 0 Å². The molecule has 30 heavy (non-hydrogen) atoms. The molecule has 0 fully saturated rings. The lowest BCUT2D eigenvalue weighted by molar-refractivity contribution is 0.0990. The van der Waals surface area contributed by atoms with Crippen molar-refractivity contribution in [1.82, 2.24) is 4.98 Å². The van der Waals surface area contributed by atoms with Crippen LogP contribution in [0.3, 0.4) is 0 Å². The Morgan fingerprint density at radius 1 is 1.10 bits per heavy atom. The molecule has 2 aromatic carbocycles. The monoisotopic (exact) mass is 417 g/mol. The van der Waals surface area contributed by atoms with Gasteiger partial charge in [0.05, 0.1) is 11.2 Å². The number of nitrogen functional groups attached to an aromatic ring is 1. The normalized spacial score (nSPS) is 15.4. The first-order valence-corrected chi connectivity index (χ1v) is 10.8. The Kier molecular flexibility index (Phi) is 3.86. The summed E-state index contributed by atoms with van der Waals surface area (Å²) >= 11 is 1.35. The fourth-order valence-corrected chi connectivity index (χ4v) is 5.30. The van der Waals surface area contributed by atoms with Crippen molar-refractivity contribution in [2.24, 2.45) is 0 Å². The van der Waals surface area contributed by atoms with E-state index in [1.54, 1.807) is 0 Å². The van der Waals surface area contributed by atoms with Crippen LogP contribution < -0.4 is 20.1 Å². The lowest BCUT2D eigenvalue weighted by atomic mass is 10.0. The molecule has 0 spiro atoms. The SMILES string of the molecule is Nc1c(C(=O)N2CCCc3ccccc32)sc2nc3cc4c(cc3cc12)OCCO4. The van der Waals surface area contributed by atoms with Crippen LogP contribution in [0.25, 0.3) is 21.1 Å². The number of ether oxygens (including phenoxy) is 2. The van der Waals surface area contributed by atoms with Crippen molar-refractivity contribution in [2.75, 3.05) is 30.4 Å². The zero-order chi connectivity index (χ0) is 20.2. The number of nitrogens with zero attached hydrogens (tertiary/aromatic N) is 2. The summed E-state index contributed by atoms with van der Waals surface area (Å²) < 4.78 is 11.4.